The van der Waals surface area contributed by atoms with E-state index in [0.717, 1.165) is 5.00 Å². The Morgan fingerprint density at radius 1 is 1.56 bits per heavy atom. The fraction of sp³-hybridized carbons (Fsp3) is 0.583. The Labute approximate surface area is 100 Å². The molecule has 0 radical (unpaired) electrons. The molecule has 0 spiro atoms. The molecular weight excluding hydrogens is 220 g/mol. The van der Waals surface area contributed by atoms with Gasteiger partial charge >= 0.3 is 0 Å². The van der Waals surface area contributed by atoms with Gasteiger partial charge in [0.05, 0.1) is 15.6 Å². The van der Waals surface area contributed by atoms with Gasteiger partial charge in [0, 0.05) is 12.0 Å². The molecule has 0 saturated heterocycles. The lowest BCUT2D eigenvalue weighted by molar-refractivity contribution is 0.0944. The second-order valence-corrected chi connectivity index (χ2v) is 5.74. The van der Waals surface area contributed by atoms with E-state index in [1.54, 1.807) is 0 Å². The molecule has 1 aromatic rings. The van der Waals surface area contributed by atoms with Gasteiger partial charge in [0.2, 0.25) is 0 Å². The van der Waals surface area contributed by atoms with Gasteiger partial charge in [-0.15, -0.1) is 11.3 Å². The normalized spacial score (nSPS) is 16.2. The number of Topliss-reactive ketones (excluding diaryl/α,β-unsaturated/α-hetero) is 1. The summed E-state index contributed by atoms with van der Waals surface area (Å²) in [6.07, 6.45) is 3.76. The highest BCUT2D eigenvalue weighted by atomic mass is 32.1. The Hall–Kier alpha value is -1.03. The summed E-state index contributed by atoms with van der Waals surface area (Å²) in [6, 6.07) is 2.47. The van der Waals surface area contributed by atoms with Crippen LogP contribution in [-0.2, 0) is 0 Å². The van der Waals surface area contributed by atoms with Gasteiger partial charge in [-0.2, -0.15) is 0 Å². The molecule has 1 heterocycles. The Balaban J connectivity index is 2.11. The third-order valence-corrected chi connectivity index (χ3v) is 4.06. The van der Waals surface area contributed by atoms with Crippen LogP contribution < -0.4 is 11.1 Å². The van der Waals surface area contributed by atoms with Crippen LogP contribution in [0.2, 0.25) is 0 Å². The first-order chi connectivity index (χ1) is 7.58. The van der Waals surface area contributed by atoms with Gasteiger partial charge < -0.3 is 11.1 Å². The summed E-state index contributed by atoms with van der Waals surface area (Å²) in [7, 11) is 0. The van der Waals surface area contributed by atoms with Crippen LogP contribution in [-0.4, -0.2) is 11.8 Å². The number of carbonyl (C=O) groups is 1. The zero-order valence-corrected chi connectivity index (χ0v) is 10.6. The Morgan fingerprint density at radius 2 is 2.25 bits per heavy atom. The number of thiophene rings is 1. The molecule has 1 fully saturated rings. The summed E-state index contributed by atoms with van der Waals surface area (Å²) in [6.45, 7) is 3.81. The Bertz CT molecular complexity index is 394. The van der Waals surface area contributed by atoms with Crippen LogP contribution in [0.4, 0.5) is 10.7 Å². The summed E-state index contributed by atoms with van der Waals surface area (Å²) in [4.78, 5) is 12.6. The van der Waals surface area contributed by atoms with E-state index in [1.807, 2.05) is 19.9 Å². The summed E-state index contributed by atoms with van der Waals surface area (Å²) < 4.78 is 0. The van der Waals surface area contributed by atoms with E-state index in [-0.39, 0.29) is 11.7 Å². The lowest BCUT2D eigenvalue weighted by Crippen LogP contribution is -2.26. The number of hydrogen-bond donors (Lipinski definition) is 2. The number of anilines is 2. The first-order valence-corrected chi connectivity index (χ1v) is 6.59. The van der Waals surface area contributed by atoms with E-state index in [9.17, 15) is 4.79 Å². The molecule has 1 aliphatic carbocycles. The second kappa shape index (κ2) is 4.45. The quantitative estimate of drug-likeness (QED) is 0.792. The fourth-order valence-electron chi connectivity index (χ4n) is 1.68. The molecule has 1 aromatic heterocycles. The number of rotatable bonds is 4. The molecule has 0 atom stereocenters. The average Bonchev–Trinajstić information content (AvgIpc) is 2.52. The monoisotopic (exact) mass is 238 g/mol. The van der Waals surface area contributed by atoms with E-state index in [2.05, 4.69) is 5.32 Å². The van der Waals surface area contributed by atoms with Crippen molar-refractivity contribution in [2.45, 2.75) is 39.2 Å². The number of nitrogen functional groups attached to an aromatic ring is 1. The summed E-state index contributed by atoms with van der Waals surface area (Å²) in [5, 5.41) is 4.45. The van der Waals surface area contributed by atoms with Crippen molar-refractivity contribution in [2.75, 3.05) is 11.1 Å². The van der Waals surface area contributed by atoms with Crippen LogP contribution >= 0.6 is 11.3 Å². The van der Waals surface area contributed by atoms with Crippen LogP contribution in [0.3, 0.4) is 0 Å². The van der Waals surface area contributed by atoms with E-state index in [0.29, 0.717) is 16.6 Å². The van der Waals surface area contributed by atoms with E-state index >= 15 is 0 Å². The van der Waals surface area contributed by atoms with Crippen molar-refractivity contribution in [3.63, 3.8) is 0 Å². The van der Waals surface area contributed by atoms with Gasteiger partial charge in [-0.1, -0.05) is 13.8 Å². The van der Waals surface area contributed by atoms with E-state index in [1.165, 1.54) is 30.6 Å². The van der Waals surface area contributed by atoms with E-state index in [4.69, 9.17) is 5.73 Å². The molecule has 1 aliphatic rings. The smallest absolute Gasteiger partial charge is 0.177 e. The van der Waals surface area contributed by atoms with Crippen molar-refractivity contribution in [2.24, 2.45) is 5.92 Å². The fourth-order valence-corrected chi connectivity index (χ4v) is 2.83. The van der Waals surface area contributed by atoms with Crippen LogP contribution in [0.5, 0.6) is 0 Å². The van der Waals surface area contributed by atoms with E-state index < -0.39 is 0 Å². The molecule has 3 nitrogen and oxygen atoms in total. The Kier molecular flexibility index (Phi) is 3.19. The minimum atomic E-state index is 0.0116. The van der Waals surface area contributed by atoms with Crippen molar-refractivity contribution < 1.29 is 4.79 Å². The van der Waals surface area contributed by atoms with Crippen molar-refractivity contribution in [1.82, 2.24) is 0 Å². The molecule has 16 heavy (non-hydrogen) atoms. The topological polar surface area (TPSA) is 55.1 Å². The molecule has 0 amide bonds. The number of ketones is 1. The Morgan fingerprint density at radius 3 is 2.75 bits per heavy atom. The summed E-state index contributed by atoms with van der Waals surface area (Å²) in [5.41, 5.74) is 6.48. The van der Waals surface area contributed by atoms with Crippen molar-refractivity contribution in [3.8, 4) is 0 Å². The van der Waals surface area contributed by atoms with Crippen molar-refractivity contribution in [3.05, 3.63) is 10.9 Å². The molecule has 0 aromatic carbocycles. The second-order valence-electron chi connectivity index (χ2n) is 4.69. The van der Waals surface area contributed by atoms with Gasteiger partial charge in [0.1, 0.15) is 0 Å². The maximum absolute atomic E-state index is 11.9. The number of hydrogen-bond acceptors (Lipinski definition) is 4. The third kappa shape index (κ3) is 2.21. The largest absolute Gasteiger partial charge is 0.397 e. The number of nitrogens with two attached hydrogens (primary N) is 1. The molecule has 1 saturated carbocycles. The predicted octanol–water partition coefficient (Wildman–Crippen LogP) is 3.13. The van der Waals surface area contributed by atoms with Gasteiger partial charge in [-0.3, -0.25) is 4.79 Å². The molecule has 0 aliphatic heterocycles. The number of carbonyl (C=O) groups excluding carboxylic acids is 1. The average molecular weight is 238 g/mol. The van der Waals surface area contributed by atoms with Crippen LogP contribution in [0, 0.1) is 5.92 Å². The van der Waals surface area contributed by atoms with Crippen molar-refractivity contribution in [1.29, 1.82) is 0 Å². The lowest BCUT2D eigenvalue weighted by Gasteiger charge is -2.26. The lowest BCUT2D eigenvalue weighted by atomic mass is 9.93. The summed E-state index contributed by atoms with van der Waals surface area (Å²) in [5.74, 6) is 0.154. The molecule has 0 bridgehead atoms. The highest BCUT2D eigenvalue weighted by Gasteiger charge is 2.21. The van der Waals surface area contributed by atoms with Gasteiger partial charge in [-0.05, 0) is 25.3 Å². The van der Waals surface area contributed by atoms with Crippen molar-refractivity contribution >= 4 is 27.8 Å². The van der Waals surface area contributed by atoms with Crippen LogP contribution in [0.15, 0.2) is 6.07 Å². The predicted molar refractivity (Wildman–Crippen MR) is 69.2 cm³/mol. The number of nitrogens with one attached hydrogen (secondary N) is 1. The molecule has 0 unspecified atom stereocenters. The highest BCUT2D eigenvalue weighted by molar-refractivity contribution is 7.18. The SMILES string of the molecule is CC(C)C(=O)c1sc(NC2CCC2)cc1N. The van der Waals surface area contributed by atoms with Crippen LogP contribution in [0.25, 0.3) is 0 Å². The highest BCUT2D eigenvalue weighted by Crippen LogP contribution is 2.33. The van der Waals surface area contributed by atoms with Gasteiger partial charge in [0.25, 0.3) is 0 Å². The zero-order chi connectivity index (χ0) is 11.7. The third-order valence-electron chi connectivity index (χ3n) is 2.96. The maximum Gasteiger partial charge on any atom is 0.177 e. The molecular formula is C12H18N2OS. The minimum Gasteiger partial charge on any atom is -0.397 e. The summed E-state index contributed by atoms with van der Waals surface area (Å²) >= 11 is 1.49. The first-order valence-electron chi connectivity index (χ1n) is 5.78. The molecule has 4 heteroatoms. The minimum absolute atomic E-state index is 0.0116. The standard InChI is InChI=1S/C12H18N2OS/c1-7(2)11(15)12-9(13)6-10(16-12)14-8-4-3-5-8/h6-8,14H,3-5,13H2,1-2H3. The van der Waals surface area contributed by atoms with Gasteiger partial charge in [-0.25, -0.2) is 0 Å². The zero-order valence-electron chi connectivity index (χ0n) is 9.75. The molecule has 3 N–H and O–H groups in total. The van der Waals surface area contributed by atoms with Gasteiger partial charge in [0.15, 0.2) is 5.78 Å². The molecule has 88 valence electrons. The first kappa shape index (κ1) is 11.5. The maximum atomic E-state index is 11.9. The molecule has 2 rings (SSSR count). The van der Waals surface area contributed by atoms with Crippen LogP contribution in [0.1, 0.15) is 42.8 Å².